The van der Waals surface area contributed by atoms with E-state index >= 15 is 0 Å². The molecule has 1 aliphatic rings. The Balaban J connectivity index is 1.85. The summed E-state index contributed by atoms with van der Waals surface area (Å²) in [5.74, 6) is 1.39. The molecular weight excluding hydrogens is 318 g/mol. The van der Waals surface area contributed by atoms with Gasteiger partial charge < -0.3 is 9.84 Å². The molecule has 3 rings (SSSR count). The summed E-state index contributed by atoms with van der Waals surface area (Å²) in [6, 6.07) is 6.29. The molecule has 1 aromatic carbocycles. The molecule has 20 heavy (non-hydrogen) atoms. The summed E-state index contributed by atoms with van der Waals surface area (Å²) in [5.41, 5.74) is 2.16. The summed E-state index contributed by atoms with van der Waals surface area (Å²) in [7, 11) is 0. The number of aryl methyl sites for hydroxylation is 1. The monoisotopic (exact) mass is 335 g/mol. The van der Waals surface area contributed by atoms with Crippen LogP contribution in [0.4, 0.5) is 0 Å². The second-order valence-electron chi connectivity index (χ2n) is 5.27. The van der Waals surface area contributed by atoms with Crippen molar-refractivity contribution in [1.82, 2.24) is 15.5 Å². The van der Waals surface area contributed by atoms with Gasteiger partial charge in [-0.25, -0.2) is 0 Å². The van der Waals surface area contributed by atoms with E-state index in [1.54, 1.807) is 0 Å². The van der Waals surface area contributed by atoms with Gasteiger partial charge in [0.15, 0.2) is 0 Å². The number of rotatable bonds is 2. The van der Waals surface area contributed by atoms with Crippen LogP contribution in [0.5, 0.6) is 0 Å². The molecule has 2 heterocycles. The van der Waals surface area contributed by atoms with Gasteiger partial charge in [0.1, 0.15) is 0 Å². The van der Waals surface area contributed by atoms with Crippen molar-refractivity contribution in [3.63, 3.8) is 0 Å². The summed E-state index contributed by atoms with van der Waals surface area (Å²) < 4.78 is 6.53. The van der Waals surface area contributed by atoms with Crippen molar-refractivity contribution in [2.75, 3.05) is 6.54 Å². The van der Waals surface area contributed by atoms with E-state index in [4.69, 9.17) is 4.52 Å². The molecule has 1 aromatic heterocycles. The predicted octanol–water partition coefficient (Wildman–Crippen LogP) is 4.01. The Morgan fingerprint density at radius 1 is 1.30 bits per heavy atom. The van der Waals surface area contributed by atoms with Gasteiger partial charge in [-0.05, 0) is 50.1 Å². The zero-order chi connectivity index (χ0) is 13.9. The standard InChI is InChI=1S/C15H18BrN3O/c1-10-9-11(16)6-7-12(10)14-18-15(20-19-14)13-5-3-2-4-8-17-13/h6-7,9,13,17H,2-5,8H2,1H3. The molecule has 1 unspecified atom stereocenters. The highest BCUT2D eigenvalue weighted by Crippen LogP contribution is 2.27. The molecule has 1 aliphatic heterocycles. The quantitative estimate of drug-likeness (QED) is 0.900. The molecule has 106 valence electrons. The lowest BCUT2D eigenvalue weighted by Crippen LogP contribution is -2.20. The van der Waals surface area contributed by atoms with E-state index in [1.165, 1.54) is 19.3 Å². The van der Waals surface area contributed by atoms with Gasteiger partial charge >= 0.3 is 0 Å². The fraction of sp³-hybridized carbons (Fsp3) is 0.467. The van der Waals surface area contributed by atoms with Crippen molar-refractivity contribution < 1.29 is 4.52 Å². The smallest absolute Gasteiger partial charge is 0.244 e. The summed E-state index contributed by atoms with van der Waals surface area (Å²) in [4.78, 5) is 4.58. The first-order valence-electron chi connectivity index (χ1n) is 7.07. The molecule has 1 N–H and O–H groups in total. The van der Waals surface area contributed by atoms with Crippen molar-refractivity contribution >= 4 is 15.9 Å². The number of benzene rings is 1. The van der Waals surface area contributed by atoms with E-state index in [1.807, 2.05) is 12.1 Å². The van der Waals surface area contributed by atoms with E-state index in [2.05, 4.69) is 44.4 Å². The molecular formula is C15H18BrN3O. The first kappa shape index (κ1) is 13.8. The molecule has 0 spiro atoms. The van der Waals surface area contributed by atoms with Gasteiger partial charge in [0.05, 0.1) is 6.04 Å². The zero-order valence-electron chi connectivity index (χ0n) is 11.5. The van der Waals surface area contributed by atoms with Crippen LogP contribution < -0.4 is 5.32 Å². The molecule has 0 aliphatic carbocycles. The minimum atomic E-state index is 0.203. The first-order valence-corrected chi connectivity index (χ1v) is 7.87. The van der Waals surface area contributed by atoms with Crippen molar-refractivity contribution in [2.24, 2.45) is 0 Å². The molecule has 4 nitrogen and oxygen atoms in total. The lowest BCUT2D eigenvalue weighted by Gasteiger charge is -2.09. The average molecular weight is 336 g/mol. The number of nitrogens with zero attached hydrogens (tertiary/aromatic N) is 2. The molecule has 1 atom stereocenters. The molecule has 1 fully saturated rings. The van der Waals surface area contributed by atoms with Crippen LogP contribution in [0.25, 0.3) is 11.4 Å². The van der Waals surface area contributed by atoms with Crippen molar-refractivity contribution in [3.05, 3.63) is 34.1 Å². The number of hydrogen-bond acceptors (Lipinski definition) is 4. The third-order valence-electron chi connectivity index (χ3n) is 3.73. The van der Waals surface area contributed by atoms with Crippen molar-refractivity contribution in [1.29, 1.82) is 0 Å². The average Bonchev–Trinajstić information content (AvgIpc) is 2.74. The third-order valence-corrected chi connectivity index (χ3v) is 4.22. The van der Waals surface area contributed by atoms with Crippen LogP contribution in [0.1, 0.15) is 43.2 Å². The SMILES string of the molecule is Cc1cc(Br)ccc1-c1noc(C2CCCCCN2)n1. The number of nitrogens with one attached hydrogen (secondary N) is 1. The van der Waals surface area contributed by atoms with Crippen LogP contribution in [0.3, 0.4) is 0 Å². The van der Waals surface area contributed by atoms with Crippen molar-refractivity contribution in [3.8, 4) is 11.4 Å². The van der Waals surface area contributed by atoms with E-state index < -0.39 is 0 Å². The Labute approximate surface area is 127 Å². The van der Waals surface area contributed by atoms with Crippen LogP contribution in [-0.4, -0.2) is 16.7 Å². The van der Waals surface area contributed by atoms with Gasteiger partial charge in [0.2, 0.25) is 11.7 Å². The fourth-order valence-electron chi connectivity index (χ4n) is 2.60. The molecule has 2 aromatic rings. The van der Waals surface area contributed by atoms with Gasteiger partial charge in [0, 0.05) is 10.0 Å². The normalized spacial score (nSPS) is 19.8. The lowest BCUT2D eigenvalue weighted by molar-refractivity contribution is 0.327. The second kappa shape index (κ2) is 6.06. The second-order valence-corrected chi connectivity index (χ2v) is 6.19. The minimum absolute atomic E-state index is 0.203. The molecule has 0 saturated carbocycles. The maximum Gasteiger partial charge on any atom is 0.244 e. The van der Waals surface area contributed by atoms with E-state index in [9.17, 15) is 0 Å². The third kappa shape index (κ3) is 2.94. The van der Waals surface area contributed by atoms with Gasteiger partial charge in [-0.1, -0.05) is 33.9 Å². The first-order chi connectivity index (χ1) is 9.74. The van der Waals surface area contributed by atoms with Gasteiger partial charge in [0.25, 0.3) is 0 Å². The Kier molecular flexibility index (Phi) is 4.17. The maximum atomic E-state index is 5.46. The van der Waals surface area contributed by atoms with Crippen LogP contribution in [0, 0.1) is 6.92 Å². The minimum Gasteiger partial charge on any atom is -0.337 e. The maximum absolute atomic E-state index is 5.46. The topological polar surface area (TPSA) is 51.0 Å². The molecule has 5 heteroatoms. The van der Waals surface area contributed by atoms with Crippen molar-refractivity contribution in [2.45, 2.75) is 38.6 Å². The number of hydrogen-bond donors (Lipinski definition) is 1. The van der Waals surface area contributed by atoms with Crippen LogP contribution >= 0.6 is 15.9 Å². The van der Waals surface area contributed by atoms with Gasteiger partial charge in [-0.3, -0.25) is 0 Å². The Morgan fingerprint density at radius 2 is 2.20 bits per heavy atom. The lowest BCUT2D eigenvalue weighted by atomic mass is 10.1. The van der Waals surface area contributed by atoms with E-state index in [0.717, 1.165) is 28.6 Å². The highest BCUT2D eigenvalue weighted by atomic mass is 79.9. The Bertz CT molecular complexity index is 589. The summed E-state index contributed by atoms with van der Waals surface area (Å²) in [6.07, 6.45) is 4.78. The van der Waals surface area contributed by atoms with Gasteiger partial charge in [-0.2, -0.15) is 4.98 Å². The summed E-state index contributed by atoms with van der Waals surface area (Å²) in [5, 5.41) is 7.62. The highest BCUT2D eigenvalue weighted by Gasteiger charge is 2.20. The molecule has 0 bridgehead atoms. The summed E-state index contributed by atoms with van der Waals surface area (Å²) >= 11 is 3.47. The Morgan fingerprint density at radius 3 is 3.05 bits per heavy atom. The number of halogens is 1. The molecule has 1 saturated heterocycles. The van der Waals surface area contributed by atoms with Crippen LogP contribution in [0.15, 0.2) is 27.2 Å². The fourth-order valence-corrected chi connectivity index (χ4v) is 3.08. The van der Waals surface area contributed by atoms with E-state index in [0.29, 0.717) is 11.7 Å². The predicted molar refractivity (Wildman–Crippen MR) is 81.4 cm³/mol. The van der Waals surface area contributed by atoms with E-state index in [-0.39, 0.29) is 6.04 Å². The van der Waals surface area contributed by atoms with Crippen LogP contribution in [-0.2, 0) is 0 Å². The highest BCUT2D eigenvalue weighted by molar-refractivity contribution is 9.10. The largest absolute Gasteiger partial charge is 0.337 e. The van der Waals surface area contributed by atoms with Gasteiger partial charge in [-0.15, -0.1) is 0 Å². The van der Waals surface area contributed by atoms with Crippen LogP contribution in [0.2, 0.25) is 0 Å². The molecule has 0 amide bonds. The summed E-state index contributed by atoms with van der Waals surface area (Å²) in [6.45, 7) is 3.08. The zero-order valence-corrected chi connectivity index (χ0v) is 13.1. The number of aromatic nitrogens is 2. The molecule has 0 radical (unpaired) electrons. The Hall–Kier alpha value is -1.20.